The van der Waals surface area contributed by atoms with Crippen LogP contribution < -0.4 is 0 Å². The Morgan fingerprint density at radius 2 is 1.45 bits per heavy atom. The maximum Gasteiger partial charge on any atom is 0.314 e. The highest BCUT2D eigenvalue weighted by atomic mass is 16.5. The summed E-state index contributed by atoms with van der Waals surface area (Å²) in [5.74, 6) is -0.341. The van der Waals surface area contributed by atoms with E-state index < -0.39 is 0 Å². The summed E-state index contributed by atoms with van der Waals surface area (Å²) in [6.07, 6.45) is 0. The molecule has 0 bridgehead atoms. The lowest BCUT2D eigenvalue weighted by Crippen LogP contribution is -2.21. The van der Waals surface area contributed by atoms with Crippen LogP contribution in [0.25, 0.3) is 0 Å². The predicted octanol–water partition coefficient (Wildman–Crippen LogP) is 4.14. The molecule has 0 aliphatic heterocycles. The van der Waals surface area contributed by atoms with Crippen molar-refractivity contribution in [3.63, 3.8) is 0 Å². The molecule has 0 saturated carbocycles. The number of rotatable bonds is 5. The highest BCUT2D eigenvalue weighted by Crippen LogP contribution is 2.33. The molecule has 0 aliphatic carbocycles. The summed E-state index contributed by atoms with van der Waals surface area (Å²) in [5, 5.41) is 0. The zero-order chi connectivity index (χ0) is 14.4. The molecule has 2 nitrogen and oxygen atoms in total. The van der Waals surface area contributed by atoms with E-state index in [0.29, 0.717) is 6.61 Å². The van der Waals surface area contributed by atoms with Crippen molar-refractivity contribution in [2.75, 3.05) is 6.61 Å². The smallest absolute Gasteiger partial charge is 0.314 e. The minimum atomic E-state index is -0.265. The Hall–Kier alpha value is -2.09. The second kappa shape index (κ2) is 6.90. The van der Waals surface area contributed by atoms with Gasteiger partial charge < -0.3 is 4.74 Å². The van der Waals surface area contributed by atoms with Crippen molar-refractivity contribution in [1.29, 1.82) is 0 Å². The first-order chi connectivity index (χ1) is 9.74. The zero-order valence-electron chi connectivity index (χ0n) is 12.0. The molecular formula is C18H20O2. The Morgan fingerprint density at radius 1 is 0.950 bits per heavy atom. The van der Waals surface area contributed by atoms with Crippen molar-refractivity contribution in [1.82, 2.24) is 0 Å². The molecule has 2 aromatic carbocycles. The van der Waals surface area contributed by atoms with Crippen LogP contribution in [0.2, 0.25) is 0 Å². The van der Waals surface area contributed by atoms with Crippen molar-refractivity contribution in [2.45, 2.75) is 25.7 Å². The zero-order valence-corrected chi connectivity index (χ0v) is 12.0. The van der Waals surface area contributed by atoms with Crippen LogP contribution >= 0.6 is 0 Å². The number of hydrogen-bond donors (Lipinski definition) is 0. The lowest BCUT2D eigenvalue weighted by atomic mass is 9.83. The summed E-state index contributed by atoms with van der Waals surface area (Å²) in [4.78, 5) is 12.3. The summed E-state index contributed by atoms with van der Waals surface area (Å²) >= 11 is 0. The summed E-state index contributed by atoms with van der Waals surface area (Å²) in [6.45, 7) is 4.32. The number of ether oxygens (including phenoxy) is 1. The number of esters is 1. The molecule has 0 radical (unpaired) electrons. The molecule has 0 heterocycles. The monoisotopic (exact) mass is 268 g/mol. The third-order valence-electron chi connectivity index (χ3n) is 3.52. The summed E-state index contributed by atoms with van der Waals surface area (Å²) in [6, 6.07) is 19.9. The molecule has 0 aromatic heterocycles. The van der Waals surface area contributed by atoms with Crippen molar-refractivity contribution < 1.29 is 9.53 Å². The van der Waals surface area contributed by atoms with E-state index in [1.807, 2.05) is 55.5 Å². The molecule has 104 valence electrons. The lowest BCUT2D eigenvalue weighted by Gasteiger charge is -2.23. The molecule has 0 N–H and O–H groups in total. The van der Waals surface area contributed by atoms with Crippen molar-refractivity contribution in [2.24, 2.45) is 0 Å². The first-order valence-corrected chi connectivity index (χ1v) is 7.00. The van der Waals surface area contributed by atoms with E-state index >= 15 is 0 Å². The molecule has 2 atom stereocenters. The van der Waals surface area contributed by atoms with Gasteiger partial charge in [-0.1, -0.05) is 67.6 Å². The summed E-state index contributed by atoms with van der Waals surface area (Å²) in [7, 11) is 0. The summed E-state index contributed by atoms with van der Waals surface area (Å²) < 4.78 is 5.26. The van der Waals surface area contributed by atoms with Crippen LogP contribution in [0.5, 0.6) is 0 Å². The van der Waals surface area contributed by atoms with Gasteiger partial charge in [-0.2, -0.15) is 0 Å². The first-order valence-electron chi connectivity index (χ1n) is 7.00. The van der Waals surface area contributed by atoms with E-state index in [9.17, 15) is 4.79 Å². The number of carbonyl (C=O) groups is 1. The van der Waals surface area contributed by atoms with Gasteiger partial charge in [0.15, 0.2) is 0 Å². The van der Waals surface area contributed by atoms with Gasteiger partial charge in [-0.3, -0.25) is 4.79 Å². The quantitative estimate of drug-likeness (QED) is 0.762. The maximum absolute atomic E-state index is 12.3. The fourth-order valence-electron chi connectivity index (χ4n) is 2.47. The highest BCUT2D eigenvalue weighted by molar-refractivity contribution is 5.79. The lowest BCUT2D eigenvalue weighted by molar-refractivity contribution is -0.145. The molecule has 0 unspecified atom stereocenters. The molecule has 0 spiro atoms. The van der Waals surface area contributed by atoms with Crippen LogP contribution in [-0.4, -0.2) is 12.6 Å². The minimum Gasteiger partial charge on any atom is -0.466 e. The molecule has 0 fully saturated rings. The van der Waals surface area contributed by atoms with E-state index in [4.69, 9.17) is 4.74 Å². The van der Waals surface area contributed by atoms with Gasteiger partial charge >= 0.3 is 5.97 Å². The Balaban J connectivity index is 2.34. The number of carbonyl (C=O) groups excluding carboxylic acids is 1. The van der Waals surface area contributed by atoms with Crippen LogP contribution in [0.3, 0.4) is 0 Å². The third-order valence-corrected chi connectivity index (χ3v) is 3.52. The fraction of sp³-hybridized carbons (Fsp3) is 0.278. The van der Waals surface area contributed by atoms with Crippen molar-refractivity contribution in [3.05, 3.63) is 71.8 Å². The van der Waals surface area contributed by atoms with Gasteiger partial charge in [0.05, 0.1) is 12.5 Å². The van der Waals surface area contributed by atoms with Crippen molar-refractivity contribution in [3.8, 4) is 0 Å². The van der Waals surface area contributed by atoms with Crippen LogP contribution in [0.4, 0.5) is 0 Å². The number of hydrogen-bond acceptors (Lipinski definition) is 2. The molecule has 0 amide bonds. The van der Waals surface area contributed by atoms with E-state index in [0.717, 1.165) is 11.1 Å². The SMILES string of the molecule is CCOC(=O)[C@H](c1ccccc1)[C@@H](C)c1ccccc1. The number of benzene rings is 2. The topological polar surface area (TPSA) is 26.3 Å². The van der Waals surface area contributed by atoms with Crippen LogP contribution in [0.15, 0.2) is 60.7 Å². The van der Waals surface area contributed by atoms with E-state index in [1.54, 1.807) is 0 Å². The average Bonchev–Trinajstić information content (AvgIpc) is 2.50. The van der Waals surface area contributed by atoms with Gasteiger partial charge in [-0.25, -0.2) is 0 Å². The van der Waals surface area contributed by atoms with Gasteiger partial charge in [-0.05, 0) is 24.0 Å². The second-order valence-corrected chi connectivity index (χ2v) is 4.84. The molecule has 0 aliphatic rings. The van der Waals surface area contributed by atoms with Gasteiger partial charge in [-0.15, -0.1) is 0 Å². The third kappa shape index (κ3) is 3.27. The Morgan fingerprint density at radius 3 is 1.95 bits per heavy atom. The minimum absolute atomic E-state index is 0.0812. The molecule has 2 aromatic rings. The van der Waals surface area contributed by atoms with Gasteiger partial charge in [0, 0.05) is 0 Å². The summed E-state index contributed by atoms with van der Waals surface area (Å²) in [5.41, 5.74) is 2.15. The van der Waals surface area contributed by atoms with E-state index in [2.05, 4.69) is 19.1 Å². The standard InChI is InChI=1S/C18H20O2/c1-3-20-18(19)17(16-12-8-5-9-13-16)14(2)15-10-6-4-7-11-15/h4-14,17H,3H2,1-2H3/t14-,17-/m0/s1. The largest absolute Gasteiger partial charge is 0.466 e. The molecule has 2 heteroatoms. The molecule has 0 saturated heterocycles. The fourth-order valence-corrected chi connectivity index (χ4v) is 2.47. The predicted molar refractivity (Wildman–Crippen MR) is 80.7 cm³/mol. The van der Waals surface area contributed by atoms with Crippen LogP contribution in [0, 0.1) is 0 Å². The Labute approximate surface area is 120 Å². The molecule has 20 heavy (non-hydrogen) atoms. The normalized spacial score (nSPS) is 13.5. The molecule has 2 rings (SSSR count). The first kappa shape index (κ1) is 14.3. The highest BCUT2D eigenvalue weighted by Gasteiger charge is 2.28. The van der Waals surface area contributed by atoms with Gasteiger partial charge in [0.2, 0.25) is 0 Å². The second-order valence-electron chi connectivity index (χ2n) is 4.84. The van der Waals surface area contributed by atoms with E-state index in [-0.39, 0.29) is 17.8 Å². The van der Waals surface area contributed by atoms with Crippen molar-refractivity contribution >= 4 is 5.97 Å². The Bertz CT molecular complexity index is 534. The molecular weight excluding hydrogens is 248 g/mol. The maximum atomic E-state index is 12.3. The van der Waals surface area contributed by atoms with Gasteiger partial charge in [0.25, 0.3) is 0 Å². The average molecular weight is 268 g/mol. The van der Waals surface area contributed by atoms with Crippen LogP contribution in [0.1, 0.15) is 36.8 Å². The van der Waals surface area contributed by atoms with Gasteiger partial charge in [0.1, 0.15) is 0 Å². The Kier molecular flexibility index (Phi) is 4.94. The van der Waals surface area contributed by atoms with E-state index in [1.165, 1.54) is 0 Å². The van der Waals surface area contributed by atoms with Crippen LogP contribution in [-0.2, 0) is 9.53 Å².